The van der Waals surface area contributed by atoms with Crippen LogP contribution < -0.4 is 0 Å². The SMILES string of the molecule is FC1(CC2CCC2)C=CC=CC1. The summed E-state index contributed by atoms with van der Waals surface area (Å²) in [5.74, 6) is 0.658. The Balaban J connectivity index is 1.91. The molecule has 2 aliphatic rings. The number of hydrogen-bond acceptors (Lipinski definition) is 0. The van der Waals surface area contributed by atoms with Crippen LogP contribution in [0.15, 0.2) is 24.3 Å². The van der Waals surface area contributed by atoms with Gasteiger partial charge in [0.2, 0.25) is 0 Å². The zero-order valence-corrected chi connectivity index (χ0v) is 7.30. The van der Waals surface area contributed by atoms with Crippen molar-refractivity contribution in [3.63, 3.8) is 0 Å². The molecule has 12 heavy (non-hydrogen) atoms. The average Bonchev–Trinajstić information content (AvgIpc) is 1.99. The molecule has 1 heteroatoms. The molecule has 0 aromatic heterocycles. The van der Waals surface area contributed by atoms with Crippen LogP contribution in [0.4, 0.5) is 4.39 Å². The zero-order valence-electron chi connectivity index (χ0n) is 7.30. The van der Waals surface area contributed by atoms with Gasteiger partial charge in [-0.05, 0) is 18.4 Å². The van der Waals surface area contributed by atoms with Crippen LogP contribution in [0, 0.1) is 5.92 Å². The van der Waals surface area contributed by atoms with E-state index >= 15 is 0 Å². The lowest BCUT2D eigenvalue weighted by Gasteiger charge is -2.32. The molecule has 0 bridgehead atoms. The minimum atomic E-state index is -1.01. The minimum absolute atomic E-state index is 0.583. The molecular formula is C11H15F. The second-order valence-corrected chi connectivity index (χ2v) is 4.03. The number of hydrogen-bond donors (Lipinski definition) is 0. The minimum Gasteiger partial charge on any atom is -0.239 e. The molecule has 0 radical (unpaired) electrons. The Bertz CT molecular complexity index is 213. The Morgan fingerprint density at radius 3 is 2.67 bits per heavy atom. The van der Waals surface area contributed by atoms with Crippen molar-refractivity contribution in [1.82, 2.24) is 0 Å². The Labute approximate surface area is 73.2 Å². The van der Waals surface area contributed by atoms with E-state index in [1.807, 2.05) is 18.2 Å². The summed E-state index contributed by atoms with van der Waals surface area (Å²) in [7, 11) is 0. The van der Waals surface area contributed by atoms with Crippen LogP contribution in [-0.4, -0.2) is 5.67 Å². The maximum absolute atomic E-state index is 13.9. The van der Waals surface area contributed by atoms with Crippen LogP contribution in [0.3, 0.4) is 0 Å². The fourth-order valence-electron chi connectivity index (χ4n) is 1.97. The summed E-state index contributed by atoms with van der Waals surface area (Å²) in [5, 5.41) is 0. The van der Waals surface area contributed by atoms with Crippen LogP contribution in [0.2, 0.25) is 0 Å². The molecule has 0 nitrogen and oxygen atoms in total. The molecule has 66 valence electrons. The largest absolute Gasteiger partial charge is 0.239 e. The van der Waals surface area contributed by atoms with E-state index in [1.54, 1.807) is 6.08 Å². The van der Waals surface area contributed by atoms with Crippen molar-refractivity contribution in [2.45, 2.75) is 37.8 Å². The van der Waals surface area contributed by atoms with Crippen LogP contribution >= 0.6 is 0 Å². The Morgan fingerprint density at radius 1 is 1.33 bits per heavy atom. The second kappa shape index (κ2) is 3.04. The average molecular weight is 166 g/mol. The van der Waals surface area contributed by atoms with Crippen molar-refractivity contribution in [2.24, 2.45) is 5.92 Å². The third kappa shape index (κ3) is 1.60. The maximum atomic E-state index is 13.9. The molecule has 0 N–H and O–H groups in total. The molecular weight excluding hydrogens is 151 g/mol. The summed E-state index contributed by atoms with van der Waals surface area (Å²) in [6, 6.07) is 0. The van der Waals surface area contributed by atoms with Crippen molar-refractivity contribution in [1.29, 1.82) is 0 Å². The summed E-state index contributed by atoms with van der Waals surface area (Å²) in [6.45, 7) is 0. The van der Waals surface area contributed by atoms with Crippen molar-refractivity contribution < 1.29 is 4.39 Å². The third-order valence-electron chi connectivity index (χ3n) is 2.95. The first-order chi connectivity index (χ1) is 5.79. The fraction of sp³-hybridized carbons (Fsp3) is 0.636. The monoisotopic (exact) mass is 166 g/mol. The van der Waals surface area contributed by atoms with Crippen LogP contribution in [-0.2, 0) is 0 Å². The molecule has 1 fully saturated rings. The molecule has 0 aliphatic heterocycles. The standard InChI is InChI=1S/C11H15F/c12-11(7-2-1-3-8-11)9-10-5-4-6-10/h1-3,7,10H,4-6,8-9H2. The first-order valence-electron chi connectivity index (χ1n) is 4.82. The molecule has 0 spiro atoms. The number of alkyl halides is 1. The smallest absolute Gasteiger partial charge is 0.133 e. The predicted molar refractivity (Wildman–Crippen MR) is 48.7 cm³/mol. The number of halogens is 1. The van der Waals surface area contributed by atoms with Crippen LogP contribution in [0.5, 0.6) is 0 Å². The molecule has 2 rings (SSSR count). The first-order valence-corrected chi connectivity index (χ1v) is 4.82. The lowest BCUT2D eigenvalue weighted by atomic mass is 9.76. The molecule has 0 aromatic carbocycles. The fourth-order valence-corrected chi connectivity index (χ4v) is 1.97. The highest BCUT2D eigenvalue weighted by molar-refractivity contribution is 5.18. The van der Waals surface area contributed by atoms with Crippen LogP contribution in [0.25, 0.3) is 0 Å². The molecule has 0 heterocycles. The van der Waals surface area contributed by atoms with Gasteiger partial charge in [0.1, 0.15) is 5.67 Å². The number of rotatable bonds is 2. The second-order valence-electron chi connectivity index (χ2n) is 4.03. The Hall–Kier alpha value is -0.590. The van der Waals surface area contributed by atoms with Gasteiger partial charge in [-0.25, -0.2) is 4.39 Å². The van der Waals surface area contributed by atoms with E-state index in [4.69, 9.17) is 0 Å². The molecule has 0 aromatic rings. The van der Waals surface area contributed by atoms with Crippen molar-refractivity contribution in [3.8, 4) is 0 Å². The van der Waals surface area contributed by atoms with Gasteiger partial charge in [0.25, 0.3) is 0 Å². The summed E-state index contributed by atoms with van der Waals surface area (Å²) in [4.78, 5) is 0. The molecule has 1 atom stereocenters. The van der Waals surface area contributed by atoms with Crippen LogP contribution in [0.1, 0.15) is 32.1 Å². The highest BCUT2D eigenvalue weighted by Crippen LogP contribution is 2.38. The normalized spacial score (nSPS) is 35.1. The summed E-state index contributed by atoms with van der Waals surface area (Å²) >= 11 is 0. The third-order valence-corrected chi connectivity index (χ3v) is 2.95. The summed E-state index contributed by atoms with van der Waals surface area (Å²) < 4.78 is 13.9. The van der Waals surface area contributed by atoms with E-state index in [2.05, 4.69) is 0 Å². The van der Waals surface area contributed by atoms with Gasteiger partial charge in [0, 0.05) is 6.42 Å². The van der Waals surface area contributed by atoms with E-state index in [1.165, 1.54) is 19.3 Å². The van der Waals surface area contributed by atoms with E-state index in [0.717, 1.165) is 6.42 Å². The van der Waals surface area contributed by atoms with Crippen molar-refractivity contribution in [3.05, 3.63) is 24.3 Å². The molecule has 0 saturated heterocycles. The number of allylic oxidation sites excluding steroid dienone is 4. The Kier molecular flexibility index (Phi) is 2.03. The van der Waals surface area contributed by atoms with E-state index in [-0.39, 0.29) is 0 Å². The lowest BCUT2D eigenvalue weighted by Crippen LogP contribution is -2.27. The highest BCUT2D eigenvalue weighted by Gasteiger charge is 2.32. The first kappa shape index (κ1) is 8.03. The summed E-state index contributed by atoms with van der Waals surface area (Å²) in [5.41, 5.74) is -1.01. The predicted octanol–water partition coefficient (Wildman–Crippen LogP) is 3.40. The lowest BCUT2D eigenvalue weighted by molar-refractivity contribution is 0.143. The van der Waals surface area contributed by atoms with Gasteiger partial charge in [0.15, 0.2) is 0 Å². The van der Waals surface area contributed by atoms with Crippen molar-refractivity contribution in [2.75, 3.05) is 0 Å². The Morgan fingerprint density at radius 2 is 2.17 bits per heavy atom. The summed E-state index contributed by atoms with van der Waals surface area (Å²) in [6.07, 6.45) is 12.5. The van der Waals surface area contributed by atoms with Gasteiger partial charge in [-0.15, -0.1) is 0 Å². The highest BCUT2D eigenvalue weighted by atomic mass is 19.1. The maximum Gasteiger partial charge on any atom is 0.133 e. The van der Waals surface area contributed by atoms with Crippen molar-refractivity contribution >= 4 is 0 Å². The van der Waals surface area contributed by atoms with Gasteiger partial charge in [-0.3, -0.25) is 0 Å². The zero-order chi connectivity index (χ0) is 8.44. The van der Waals surface area contributed by atoms with E-state index < -0.39 is 5.67 Å². The van der Waals surface area contributed by atoms with Gasteiger partial charge in [-0.2, -0.15) is 0 Å². The quantitative estimate of drug-likeness (QED) is 0.589. The topological polar surface area (TPSA) is 0 Å². The van der Waals surface area contributed by atoms with E-state index in [0.29, 0.717) is 12.3 Å². The van der Waals surface area contributed by atoms with Gasteiger partial charge in [-0.1, -0.05) is 37.5 Å². The molecule has 2 aliphatic carbocycles. The molecule has 0 amide bonds. The van der Waals surface area contributed by atoms with Gasteiger partial charge >= 0.3 is 0 Å². The molecule has 1 unspecified atom stereocenters. The van der Waals surface area contributed by atoms with E-state index in [9.17, 15) is 4.39 Å². The molecule has 1 saturated carbocycles. The van der Waals surface area contributed by atoms with Gasteiger partial charge < -0.3 is 0 Å². The van der Waals surface area contributed by atoms with Gasteiger partial charge in [0.05, 0.1) is 0 Å².